The maximum atomic E-state index is 12.8. The van der Waals surface area contributed by atoms with Crippen LogP contribution in [0.1, 0.15) is 271 Å². The summed E-state index contributed by atoms with van der Waals surface area (Å²) in [5, 5.41) is 0. The highest BCUT2D eigenvalue weighted by molar-refractivity contribution is 5.71. The van der Waals surface area contributed by atoms with Crippen LogP contribution in [0.15, 0.2) is 48.6 Å². The SMILES string of the molecule is CC/C=C\C/C=C\C/C=C\CCCCCCCC(=O)OC(COC(=O)CCCCCCC/C=C\CCCCC)COC(=O)CCCCCCCCCCCCCCCCCCC. The van der Waals surface area contributed by atoms with Crippen molar-refractivity contribution in [3.05, 3.63) is 48.6 Å². The van der Waals surface area contributed by atoms with Crippen molar-refractivity contribution in [1.29, 1.82) is 0 Å². The van der Waals surface area contributed by atoms with Crippen LogP contribution in [0.25, 0.3) is 0 Å². The molecule has 360 valence electrons. The average molecular weight is 869 g/mol. The standard InChI is InChI=1S/C56H100O6/c1-4-7-10-13-16-19-22-25-27-28-30-31-34-37-40-43-46-49-55(58)61-52-53(51-60-54(57)48-45-42-39-36-33-24-21-18-15-12-9-6-3)62-56(59)50-47-44-41-38-35-32-29-26-23-20-17-14-11-8-5-2/h8,11,17-18,20-21,26,29,53H,4-7,9-10,12-16,19,22-25,27-28,30-52H2,1-3H3/b11-8-,20-17-,21-18-,29-26-. The van der Waals surface area contributed by atoms with E-state index in [2.05, 4.69) is 69.4 Å². The number of rotatable bonds is 48. The second-order valence-electron chi connectivity index (χ2n) is 17.8. The first-order chi connectivity index (χ1) is 30.5. The van der Waals surface area contributed by atoms with Gasteiger partial charge in [-0.15, -0.1) is 0 Å². The molecule has 0 aromatic rings. The fourth-order valence-corrected chi connectivity index (χ4v) is 7.57. The van der Waals surface area contributed by atoms with E-state index in [1.807, 2.05) is 0 Å². The maximum absolute atomic E-state index is 12.8. The Morgan fingerprint density at radius 3 is 1.03 bits per heavy atom. The van der Waals surface area contributed by atoms with E-state index >= 15 is 0 Å². The second-order valence-corrected chi connectivity index (χ2v) is 17.8. The van der Waals surface area contributed by atoms with E-state index in [0.29, 0.717) is 19.3 Å². The predicted molar refractivity (Wildman–Crippen MR) is 265 cm³/mol. The molecule has 1 unspecified atom stereocenters. The Balaban J connectivity index is 4.36. The van der Waals surface area contributed by atoms with Gasteiger partial charge in [0.15, 0.2) is 6.10 Å². The van der Waals surface area contributed by atoms with Gasteiger partial charge < -0.3 is 14.2 Å². The van der Waals surface area contributed by atoms with Crippen molar-refractivity contribution < 1.29 is 28.6 Å². The molecule has 0 aliphatic carbocycles. The first kappa shape index (κ1) is 59.4. The molecule has 0 aromatic heterocycles. The lowest BCUT2D eigenvalue weighted by Crippen LogP contribution is -2.30. The number of ether oxygens (including phenoxy) is 3. The molecule has 0 rings (SSSR count). The average Bonchev–Trinajstić information content (AvgIpc) is 3.27. The lowest BCUT2D eigenvalue weighted by atomic mass is 10.0. The van der Waals surface area contributed by atoms with E-state index in [9.17, 15) is 14.4 Å². The van der Waals surface area contributed by atoms with Gasteiger partial charge in [-0.2, -0.15) is 0 Å². The summed E-state index contributed by atoms with van der Waals surface area (Å²) < 4.78 is 16.8. The van der Waals surface area contributed by atoms with Gasteiger partial charge >= 0.3 is 17.9 Å². The van der Waals surface area contributed by atoms with Crippen LogP contribution >= 0.6 is 0 Å². The van der Waals surface area contributed by atoms with Crippen LogP contribution in [0.3, 0.4) is 0 Å². The molecule has 0 heterocycles. The molecule has 0 aliphatic rings. The normalized spacial score (nSPS) is 12.4. The van der Waals surface area contributed by atoms with E-state index in [1.165, 1.54) is 128 Å². The van der Waals surface area contributed by atoms with Gasteiger partial charge in [0, 0.05) is 19.3 Å². The highest BCUT2D eigenvalue weighted by Gasteiger charge is 2.19. The van der Waals surface area contributed by atoms with Crippen molar-refractivity contribution in [2.75, 3.05) is 13.2 Å². The predicted octanol–water partition coefficient (Wildman–Crippen LogP) is 17.5. The zero-order valence-electron chi connectivity index (χ0n) is 41.1. The first-order valence-electron chi connectivity index (χ1n) is 26.6. The molecular formula is C56H100O6. The fraction of sp³-hybridized carbons (Fsp3) is 0.804. The van der Waals surface area contributed by atoms with Crippen molar-refractivity contribution in [3.8, 4) is 0 Å². The molecule has 6 nitrogen and oxygen atoms in total. The van der Waals surface area contributed by atoms with Gasteiger partial charge in [-0.3, -0.25) is 14.4 Å². The topological polar surface area (TPSA) is 78.9 Å². The van der Waals surface area contributed by atoms with Crippen molar-refractivity contribution >= 4 is 17.9 Å². The van der Waals surface area contributed by atoms with Gasteiger partial charge in [-0.1, -0.05) is 223 Å². The molecule has 6 heteroatoms. The van der Waals surface area contributed by atoms with Crippen molar-refractivity contribution in [2.45, 2.75) is 277 Å². The van der Waals surface area contributed by atoms with Gasteiger partial charge in [0.05, 0.1) is 0 Å². The van der Waals surface area contributed by atoms with Crippen molar-refractivity contribution in [3.63, 3.8) is 0 Å². The number of carbonyl (C=O) groups excluding carboxylic acids is 3. The largest absolute Gasteiger partial charge is 0.462 e. The summed E-state index contributed by atoms with van der Waals surface area (Å²) in [5.41, 5.74) is 0. The monoisotopic (exact) mass is 869 g/mol. The Labute approximate surface area is 384 Å². The molecule has 0 radical (unpaired) electrons. The number of unbranched alkanes of at least 4 members (excludes halogenated alkanes) is 29. The number of hydrogen-bond acceptors (Lipinski definition) is 6. The van der Waals surface area contributed by atoms with E-state index in [0.717, 1.165) is 103 Å². The molecule has 0 fully saturated rings. The molecule has 0 spiro atoms. The van der Waals surface area contributed by atoms with Crippen molar-refractivity contribution in [2.24, 2.45) is 0 Å². The minimum absolute atomic E-state index is 0.0803. The lowest BCUT2D eigenvalue weighted by molar-refractivity contribution is -0.167. The Kier molecular flexibility index (Phi) is 48.8. The first-order valence-corrected chi connectivity index (χ1v) is 26.6. The summed E-state index contributed by atoms with van der Waals surface area (Å²) in [6.45, 7) is 6.50. The molecule has 0 saturated carbocycles. The number of esters is 3. The van der Waals surface area contributed by atoms with Crippen LogP contribution in [0.2, 0.25) is 0 Å². The van der Waals surface area contributed by atoms with Gasteiger partial charge in [0.1, 0.15) is 13.2 Å². The summed E-state index contributed by atoms with van der Waals surface area (Å²) in [4.78, 5) is 38.0. The molecular weight excluding hydrogens is 769 g/mol. The summed E-state index contributed by atoms with van der Waals surface area (Å²) in [6, 6.07) is 0. The van der Waals surface area contributed by atoms with E-state index in [4.69, 9.17) is 14.2 Å². The second kappa shape index (κ2) is 51.0. The van der Waals surface area contributed by atoms with Gasteiger partial charge in [-0.25, -0.2) is 0 Å². The summed E-state index contributed by atoms with van der Waals surface area (Å²) in [7, 11) is 0. The van der Waals surface area contributed by atoms with E-state index in [1.54, 1.807) is 0 Å². The molecule has 0 N–H and O–H groups in total. The maximum Gasteiger partial charge on any atom is 0.306 e. The number of hydrogen-bond donors (Lipinski definition) is 0. The van der Waals surface area contributed by atoms with Crippen LogP contribution in [-0.2, 0) is 28.6 Å². The highest BCUT2D eigenvalue weighted by atomic mass is 16.6. The Morgan fingerprint density at radius 1 is 0.339 bits per heavy atom. The highest BCUT2D eigenvalue weighted by Crippen LogP contribution is 2.16. The van der Waals surface area contributed by atoms with Crippen LogP contribution in [-0.4, -0.2) is 37.2 Å². The van der Waals surface area contributed by atoms with Crippen molar-refractivity contribution in [1.82, 2.24) is 0 Å². The lowest BCUT2D eigenvalue weighted by Gasteiger charge is -2.18. The van der Waals surface area contributed by atoms with Gasteiger partial charge in [-0.05, 0) is 77.0 Å². The molecule has 0 aliphatic heterocycles. The number of allylic oxidation sites excluding steroid dienone is 8. The molecule has 62 heavy (non-hydrogen) atoms. The Hall–Kier alpha value is -2.63. The molecule has 0 bridgehead atoms. The summed E-state index contributed by atoms with van der Waals surface area (Å²) >= 11 is 0. The van der Waals surface area contributed by atoms with E-state index in [-0.39, 0.29) is 31.1 Å². The fourth-order valence-electron chi connectivity index (χ4n) is 7.57. The quantitative estimate of drug-likeness (QED) is 0.0262. The zero-order chi connectivity index (χ0) is 45.1. The molecule has 1 atom stereocenters. The van der Waals surface area contributed by atoms with Crippen LogP contribution in [0, 0.1) is 0 Å². The number of carbonyl (C=O) groups is 3. The third kappa shape index (κ3) is 48.4. The van der Waals surface area contributed by atoms with Crippen LogP contribution in [0.5, 0.6) is 0 Å². The van der Waals surface area contributed by atoms with Crippen LogP contribution in [0.4, 0.5) is 0 Å². The Morgan fingerprint density at radius 2 is 0.629 bits per heavy atom. The van der Waals surface area contributed by atoms with Crippen LogP contribution < -0.4 is 0 Å². The van der Waals surface area contributed by atoms with Gasteiger partial charge in [0.2, 0.25) is 0 Å². The van der Waals surface area contributed by atoms with E-state index < -0.39 is 6.10 Å². The summed E-state index contributed by atoms with van der Waals surface area (Å²) in [5.74, 6) is -0.897. The third-order valence-corrected chi connectivity index (χ3v) is 11.6. The zero-order valence-corrected chi connectivity index (χ0v) is 41.1. The Bertz CT molecular complexity index is 1090. The molecule has 0 amide bonds. The third-order valence-electron chi connectivity index (χ3n) is 11.6. The smallest absolute Gasteiger partial charge is 0.306 e. The minimum Gasteiger partial charge on any atom is -0.462 e. The molecule has 0 saturated heterocycles. The molecule has 0 aromatic carbocycles. The minimum atomic E-state index is -0.782. The van der Waals surface area contributed by atoms with Gasteiger partial charge in [0.25, 0.3) is 0 Å². The summed E-state index contributed by atoms with van der Waals surface area (Å²) in [6.07, 6.45) is 60.9.